The molecule has 0 saturated carbocycles. The molecule has 4 nitrogen and oxygen atoms in total. The summed E-state index contributed by atoms with van der Waals surface area (Å²) in [6.45, 7) is 13.0. The van der Waals surface area contributed by atoms with E-state index in [1.807, 2.05) is 25.1 Å². The molecule has 0 spiro atoms. The van der Waals surface area contributed by atoms with Gasteiger partial charge >= 0.3 is 31.1 Å². The third kappa shape index (κ3) is 5.83. The number of carbonyl (C=O) groups is 1. The van der Waals surface area contributed by atoms with E-state index in [-0.39, 0.29) is 36.9 Å². The van der Waals surface area contributed by atoms with Crippen molar-refractivity contribution in [1.82, 2.24) is 9.47 Å². The summed E-state index contributed by atoms with van der Waals surface area (Å²) in [4.78, 5) is 16.6. The van der Waals surface area contributed by atoms with E-state index in [9.17, 15) is 4.79 Å². The van der Waals surface area contributed by atoms with Gasteiger partial charge in [0.15, 0.2) is 0 Å². The van der Waals surface area contributed by atoms with Crippen molar-refractivity contribution in [2.75, 3.05) is 32.8 Å². The molecule has 1 aromatic carbocycles. The quantitative estimate of drug-likeness (QED) is 0.304. The number of ether oxygens (including phenoxy) is 1. The van der Waals surface area contributed by atoms with Gasteiger partial charge in [0.05, 0.1) is 13.2 Å². The SMILES string of the molecule is Cc1c(C(=O)c2[c-]cccc2)c2ccsc2n1CCN1CCOCC1.[CH2-]CC.[U+2]. The van der Waals surface area contributed by atoms with Crippen LogP contribution in [0, 0.1) is 51.0 Å². The molecular weight excluding hydrogens is 606 g/mol. The third-order valence-corrected chi connectivity index (χ3v) is 5.79. The van der Waals surface area contributed by atoms with E-state index >= 15 is 0 Å². The van der Waals surface area contributed by atoms with Crippen LogP contribution >= 0.6 is 11.3 Å². The number of carbonyl (C=O) groups excluding carboxylic acids is 1. The number of benzene rings is 1. The predicted molar refractivity (Wildman–Crippen MR) is 116 cm³/mol. The van der Waals surface area contributed by atoms with E-state index in [1.165, 1.54) is 4.83 Å². The summed E-state index contributed by atoms with van der Waals surface area (Å²) in [5, 5.41) is 3.13. The molecule has 29 heavy (non-hydrogen) atoms. The number of rotatable bonds is 5. The number of nitrogens with zero attached hydrogens (tertiary/aromatic N) is 2. The Hall–Kier alpha value is -0.898. The van der Waals surface area contributed by atoms with Crippen LogP contribution in [0.5, 0.6) is 0 Å². The Bertz CT molecular complexity index is 898. The van der Waals surface area contributed by atoms with Crippen LogP contribution in [0.25, 0.3) is 10.2 Å². The Morgan fingerprint density at radius 3 is 2.62 bits per heavy atom. The van der Waals surface area contributed by atoms with Crippen molar-refractivity contribution in [3.8, 4) is 0 Å². The minimum Gasteiger partial charge on any atom is -0.379 e. The van der Waals surface area contributed by atoms with Crippen LogP contribution in [0.3, 0.4) is 0 Å². The number of hydrogen-bond acceptors (Lipinski definition) is 4. The maximum absolute atomic E-state index is 13.0. The Morgan fingerprint density at radius 1 is 1.24 bits per heavy atom. The van der Waals surface area contributed by atoms with Gasteiger partial charge in [-0.25, -0.2) is 0 Å². The normalized spacial score (nSPS) is 14.2. The van der Waals surface area contributed by atoms with Gasteiger partial charge in [0, 0.05) is 42.8 Å². The molecule has 3 heterocycles. The molecule has 3 aromatic rings. The average molecular weight is 635 g/mol. The first-order chi connectivity index (χ1) is 13.7. The smallest absolute Gasteiger partial charge is 0.379 e. The molecular formula is C23H28N2O2SU. The van der Waals surface area contributed by atoms with Crippen LogP contribution in [0.2, 0.25) is 0 Å². The van der Waals surface area contributed by atoms with Gasteiger partial charge in [-0.2, -0.15) is 6.42 Å². The number of thiophene rings is 1. The van der Waals surface area contributed by atoms with Gasteiger partial charge in [-0.05, 0) is 18.4 Å². The topological polar surface area (TPSA) is 34.5 Å². The second-order valence-corrected chi connectivity index (χ2v) is 7.71. The first-order valence-corrected chi connectivity index (χ1v) is 10.7. The monoisotopic (exact) mass is 634 g/mol. The summed E-state index contributed by atoms with van der Waals surface area (Å²) in [5.41, 5.74) is 2.50. The number of hydrogen-bond donors (Lipinski definition) is 0. The Labute approximate surface area is 201 Å². The summed E-state index contributed by atoms with van der Waals surface area (Å²) < 4.78 is 7.72. The molecule has 4 rings (SSSR count). The molecule has 1 aliphatic heterocycles. The molecule has 6 heteroatoms. The van der Waals surface area contributed by atoms with Crippen LogP contribution < -0.4 is 0 Å². The molecule has 0 radical (unpaired) electrons. The Kier molecular flexibility index (Phi) is 10.1. The van der Waals surface area contributed by atoms with Gasteiger partial charge < -0.3 is 21.0 Å². The van der Waals surface area contributed by atoms with Crippen molar-refractivity contribution in [3.63, 3.8) is 0 Å². The molecule has 0 amide bonds. The molecule has 0 aliphatic carbocycles. The first kappa shape index (κ1) is 24.4. The number of ketones is 1. The minimum atomic E-state index is 0. The van der Waals surface area contributed by atoms with Crippen molar-refractivity contribution in [1.29, 1.82) is 0 Å². The Morgan fingerprint density at radius 2 is 1.97 bits per heavy atom. The second-order valence-electron chi connectivity index (χ2n) is 6.81. The average Bonchev–Trinajstić information content (AvgIpc) is 3.28. The number of morpholine rings is 1. The maximum Gasteiger partial charge on any atom is 2.00 e. The zero-order chi connectivity index (χ0) is 19.9. The molecule has 1 aliphatic rings. The summed E-state index contributed by atoms with van der Waals surface area (Å²) in [5.74, 6) is 0.0617. The van der Waals surface area contributed by atoms with Crippen LogP contribution in [-0.4, -0.2) is 48.1 Å². The summed E-state index contributed by atoms with van der Waals surface area (Å²) >= 11 is 1.71. The fourth-order valence-electron chi connectivity index (χ4n) is 3.47. The standard InChI is InChI=1S/C20H21N2O2S.C3H7.U/c1-15-18(19(23)16-5-3-2-4-6-16)17-7-14-25-20(17)22(15)9-8-21-10-12-24-13-11-21;1-3-2;/h2-5,7,14H,8-13H2,1H3;1,3H2,2H3;/q2*-1;+2. The molecule has 0 bridgehead atoms. The van der Waals surface area contributed by atoms with Gasteiger partial charge in [-0.1, -0.05) is 6.92 Å². The molecule has 1 saturated heterocycles. The maximum atomic E-state index is 13.0. The van der Waals surface area contributed by atoms with Gasteiger partial charge in [0.1, 0.15) is 10.6 Å². The Balaban J connectivity index is 0.000000708. The third-order valence-electron chi connectivity index (χ3n) is 4.85. The molecule has 0 atom stereocenters. The summed E-state index contributed by atoms with van der Waals surface area (Å²) in [7, 11) is 0. The molecule has 0 N–H and O–H groups in total. The predicted octanol–water partition coefficient (Wildman–Crippen LogP) is 4.61. The molecule has 152 valence electrons. The van der Waals surface area contributed by atoms with Crippen molar-refractivity contribution in [3.05, 3.63) is 65.5 Å². The molecule has 2 aromatic heterocycles. The van der Waals surface area contributed by atoms with E-state index in [0.29, 0.717) is 5.56 Å². The van der Waals surface area contributed by atoms with Crippen LogP contribution in [0.1, 0.15) is 35.0 Å². The van der Waals surface area contributed by atoms with E-state index in [4.69, 9.17) is 4.74 Å². The first-order valence-electron chi connectivity index (χ1n) is 9.84. The van der Waals surface area contributed by atoms with Crippen molar-refractivity contribution < 1.29 is 40.6 Å². The van der Waals surface area contributed by atoms with Gasteiger partial charge in [0.25, 0.3) is 0 Å². The van der Waals surface area contributed by atoms with Crippen LogP contribution in [0.4, 0.5) is 0 Å². The zero-order valence-electron chi connectivity index (χ0n) is 17.2. The van der Waals surface area contributed by atoms with Gasteiger partial charge in [-0.3, -0.25) is 4.90 Å². The molecule has 0 unspecified atom stereocenters. The zero-order valence-corrected chi connectivity index (χ0v) is 22.2. The fourth-order valence-corrected chi connectivity index (χ4v) is 4.46. The van der Waals surface area contributed by atoms with Crippen molar-refractivity contribution in [2.45, 2.75) is 26.8 Å². The van der Waals surface area contributed by atoms with Gasteiger partial charge in [-0.15, -0.1) is 47.2 Å². The largest absolute Gasteiger partial charge is 2.00 e. The second kappa shape index (κ2) is 12.1. The van der Waals surface area contributed by atoms with E-state index < -0.39 is 0 Å². The van der Waals surface area contributed by atoms with Crippen molar-refractivity contribution >= 4 is 27.3 Å². The number of fused-ring (bicyclic) bond motifs is 1. The van der Waals surface area contributed by atoms with E-state index in [2.05, 4.69) is 40.8 Å². The van der Waals surface area contributed by atoms with Crippen molar-refractivity contribution in [2.24, 2.45) is 0 Å². The minimum absolute atomic E-state index is 0. The van der Waals surface area contributed by atoms with E-state index in [0.717, 1.165) is 62.5 Å². The fraction of sp³-hybridized carbons (Fsp3) is 0.391. The van der Waals surface area contributed by atoms with Crippen LogP contribution in [-0.2, 0) is 11.3 Å². The van der Waals surface area contributed by atoms with Crippen LogP contribution in [0.15, 0.2) is 35.7 Å². The summed E-state index contributed by atoms with van der Waals surface area (Å²) in [6, 6.07) is 12.5. The summed E-state index contributed by atoms with van der Waals surface area (Å²) in [6.07, 6.45) is 1.00. The van der Waals surface area contributed by atoms with E-state index in [1.54, 1.807) is 17.4 Å². The van der Waals surface area contributed by atoms with Gasteiger partial charge in [0.2, 0.25) is 0 Å². The molecule has 1 fully saturated rings. The number of aromatic nitrogens is 1.